The van der Waals surface area contributed by atoms with Crippen molar-refractivity contribution in [3.05, 3.63) is 0 Å². The minimum Gasteiger partial charge on any atom is -0.481 e. The van der Waals surface area contributed by atoms with Crippen molar-refractivity contribution in [1.29, 1.82) is 0 Å². The van der Waals surface area contributed by atoms with E-state index in [0.29, 0.717) is 6.42 Å². The lowest BCUT2D eigenvalue weighted by Crippen LogP contribution is -2.63. The van der Waals surface area contributed by atoms with Crippen molar-refractivity contribution in [3.63, 3.8) is 0 Å². The van der Waals surface area contributed by atoms with Gasteiger partial charge in [0.15, 0.2) is 0 Å². The van der Waals surface area contributed by atoms with Crippen molar-refractivity contribution in [3.8, 4) is 0 Å². The lowest BCUT2D eigenvalue weighted by molar-refractivity contribution is -0.137. The zero-order valence-electron chi connectivity index (χ0n) is 12.0. The van der Waals surface area contributed by atoms with Gasteiger partial charge in [0.05, 0.1) is 12.5 Å². The number of hydrogen-bond acceptors (Lipinski definition) is 3. The number of amides is 2. The predicted octanol–water partition coefficient (Wildman–Crippen LogP) is 1.35. The smallest absolute Gasteiger partial charge is 0.315 e. The van der Waals surface area contributed by atoms with Crippen molar-refractivity contribution in [2.75, 3.05) is 7.11 Å². The van der Waals surface area contributed by atoms with E-state index in [0.717, 1.165) is 6.42 Å². The van der Waals surface area contributed by atoms with Crippen LogP contribution in [0.25, 0.3) is 0 Å². The van der Waals surface area contributed by atoms with Gasteiger partial charge in [-0.05, 0) is 12.8 Å². The molecule has 3 N–H and O–H groups in total. The van der Waals surface area contributed by atoms with Crippen LogP contribution in [0.1, 0.15) is 40.0 Å². The molecule has 6 heteroatoms. The second kappa shape index (κ2) is 6.23. The molecule has 110 valence electrons. The van der Waals surface area contributed by atoms with Crippen LogP contribution in [0.15, 0.2) is 0 Å². The molecule has 1 aliphatic carbocycles. The Labute approximate surface area is 113 Å². The summed E-state index contributed by atoms with van der Waals surface area (Å²) in [4.78, 5) is 22.5. The number of ether oxygens (including phenoxy) is 1. The molecule has 0 saturated heterocycles. The fraction of sp³-hybridized carbons (Fsp3) is 0.846. The summed E-state index contributed by atoms with van der Waals surface area (Å²) < 4.78 is 5.32. The molecule has 0 aromatic heterocycles. The molecule has 1 saturated carbocycles. The zero-order valence-corrected chi connectivity index (χ0v) is 12.0. The molecule has 1 aliphatic rings. The SMILES string of the molecule is CCC(CC(=O)O)NC(=O)NC1CC(OC)C1(C)C. The van der Waals surface area contributed by atoms with Gasteiger partial charge in [0.25, 0.3) is 0 Å². The fourth-order valence-corrected chi connectivity index (χ4v) is 2.42. The van der Waals surface area contributed by atoms with E-state index in [1.807, 2.05) is 20.8 Å². The van der Waals surface area contributed by atoms with E-state index in [1.54, 1.807) is 7.11 Å². The number of nitrogens with one attached hydrogen (secondary N) is 2. The molecule has 0 heterocycles. The number of aliphatic carboxylic acids is 1. The highest BCUT2D eigenvalue weighted by Gasteiger charge is 2.49. The molecule has 0 aromatic rings. The second-order valence-electron chi connectivity index (χ2n) is 5.65. The fourth-order valence-electron chi connectivity index (χ4n) is 2.42. The first-order valence-corrected chi connectivity index (χ1v) is 6.62. The van der Waals surface area contributed by atoms with E-state index < -0.39 is 5.97 Å². The van der Waals surface area contributed by atoms with Gasteiger partial charge in [0, 0.05) is 24.6 Å². The maximum absolute atomic E-state index is 11.8. The maximum Gasteiger partial charge on any atom is 0.315 e. The van der Waals surface area contributed by atoms with Gasteiger partial charge in [-0.1, -0.05) is 20.8 Å². The Kier molecular flexibility index (Phi) is 5.17. The highest BCUT2D eigenvalue weighted by Crippen LogP contribution is 2.42. The van der Waals surface area contributed by atoms with Crippen molar-refractivity contribution in [1.82, 2.24) is 10.6 Å². The summed E-state index contributed by atoms with van der Waals surface area (Å²) in [7, 11) is 1.67. The standard InChI is InChI=1S/C13H24N2O4/c1-5-8(6-11(16)17)14-12(18)15-9-7-10(19-4)13(9,2)3/h8-10H,5-7H2,1-4H3,(H,16,17)(H2,14,15,18). The largest absolute Gasteiger partial charge is 0.481 e. The van der Waals surface area contributed by atoms with Gasteiger partial charge in [-0.2, -0.15) is 0 Å². The molecule has 2 amide bonds. The third-order valence-electron chi connectivity index (χ3n) is 4.02. The van der Waals surface area contributed by atoms with E-state index in [4.69, 9.17) is 9.84 Å². The van der Waals surface area contributed by atoms with Crippen molar-refractivity contribution < 1.29 is 19.4 Å². The Hall–Kier alpha value is -1.30. The molecule has 1 fully saturated rings. The van der Waals surface area contributed by atoms with Gasteiger partial charge >= 0.3 is 12.0 Å². The zero-order chi connectivity index (χ0) is 14.6. The van der Waals surface area contributed by atoms with Gasteiger partial charge in [-0.3, -0.25) is 4.79 Å². The molecule has 0 spiro atoms. The van der Waals surface area contributed by atoms with E-state index in [1.165, 1.54) is 0 Å². The van der Waals surface area contributed by atoms with Gasteiger partial charge in [0.2, 0.25) is 0 Å². The Bertz CT molecular complexity index is 344. The number of carbonyl (C=O) groups excluding carboxylic acids is 1. The number of carbonyl (C=O) groups is 2. The monoisotopic (exact) mass is 272 g/mol. The maximum atomic E-state index is 11.8. The predicted molar refractivity (Wildman–Crippen MR) is 71.0 cm³/mol. The van der Waals surface area contributed by atoms with Crippen LogP contribution in [0, 0.1) is 5.41 Å². The van der Waals surface area contributed by atoms with Crippen LogP contribution in [-0.4, -0.2) is 42.4 Å². The Balaban J connectivity index is 2.42. The molecule has 0 aliphatic heterocycles. The summed E-state index contributed by atoms with van der Waals surface area (Å²) >= 11 is 0. The average molecular weight is 272 g/mol. The van der Waals surface area contributed by atoms with Gasteiger partial charge in [-0.15, -0.1) is 0 Å². The molecule has 3 atom stereocenters. The van der Waals surface area contributed by atoms with Gasteiger partial charge in [-0.25, -0.2) is 4.79 Å². The molecule has 0 aromatic carbocycles. The number of urea groups is 1. The van der Waals surface area contributed by atoms with Crippen LogP contribution in [0.3, 0.4) is 0 Å². The molecule has 1 rings (SSSR count). The normalized spacial score (nSPS) is 26.1. The Morgan fingerprint density at radius 1 is 1.47 bits per heavy atom. The molecular formula is C13H24N2O4. The summed E-state index contributed by atoms with van der Waals surface area (Å²) in [5.41, 5.74) is -0.0966. The number of methoxy groups -OCH3 is 1. The van der Waals surface area contributed by atoms with Crippen molar-refractivity contribution >= 4 is 12.0 Å². The minimum atomic E-state index is -0.907. The summed E-state index contributed by atoms with van der Waals surface area (Å²) in [5.74, 6) is -0.907. The second-order valence-corrected chi connectivity index (χ2v) is 5.65. The molecule has 19 heavy (non-hydrogen) atoms. The van der Waals surface area contributed by atoms with Gasteiger partial charge in [0.1, 0.15) is 0 Å². The lowest BCUT2D eigenvalue weighted by Gasteiger charge is -2.51. The first-order valence-electron chi connectivity index (χ1n) is 6.62. The van der Waals surface area contributed by atoms with Crippen LogP contribution in [-0.2, 0) is 9.53 Å². The van der Waals surface area contributed by atoms with Crippen LogP contribution >= 0.6 is 0 Å². The Morgan fingerprint density at radius 3 is 2.53 bits per heavy atom. The topological polar surface area (TPSA) is 87.7 Å². The van der Waals surface area contributed by atoms with Crippen LogP contribution in [0.4, 0.5) is 4.79 Å². The number of carboxylic acids is 1. The summed E-state index contributed by atoms with van der Waals surface area (Å²) in [6, 6.07) is -0.584. The average Bonchev–Trinajstić information content (AvgIpc) is 2.32. The van der Waals surface area contributed by atoms with Gasteiger partial charge < -0.3 is 20.5 Å². The van der Waals surface area contributed by atoms with Crippen molar-refractivity contribution in [2.24, 2.45) is 5.41 Å². The number of rotatable bonds is 6. The van der Waals surface area contributed by atoms with Crippen molar-refractivity contribution in [2.45, 2.75) is 58.2 Å². The summed E-state index contributed by atoms with van der Waals surface area (Å²) in [6.45, 7) is 5.94. The Morgan fingerprint density at radius 2 is 2.11 bits per heavy atom. The first-order chi connectivity index (χ1) is 8.81. The quantitative estimate of drug-likeness (QED) is 0.681. The number of hydrogen-bond donors (Lipinski definition) is 3. The summed E-state index contributed by atoms with van der Waals surface area (Å²) in [5, 5.41) is 14.3. The third-order valence-corrected chi connectivity index (χ3v) is 4.02. The van der Waals surface area contributed by atoms with Crippen LogP contribution in [0.2, 0.25) is 0 Å². The molecule has 0 bridgehead atoms. The molecule has 0 radical (unpaired) electrons. The van der Waals surface area contributed by atoms with Crippen LogP contribution < -0.4 is 10.6 Å². The van der Waals surface area contributed by atoms with E-state index >= 15 is 0 Å². The lowest BCUT2D eigenvalue weighted by atomic mass is 9.64. The summed E-state index contributed by atoms with van der Waals surface area (Å²) in [6.07, 6.45) is 1.47. The highest BCUT2D eigenvalue weighted by molar-refractivity contribution is 5.76. The number of carboxylic acid groups (broad SMARTS) is 1. The highest BCUT2D eigenvalue weighted by atomic mass is 16.5. The van der Waals surface area contributed by atoms with E-state index in [2.05, 4.69) is 10.6 Å². The molecular weight excluding hydrogens is 248 g/mol. The third kappa shape index (κ3) is 3.83. The first kappa shape index (κ1) is 15.8. The molecule has 6 nitrogen and oxygen atoms in total. The molecule has 3 unspecified atom stereocenters. The minimum absolute atomic E-state index is 0.0554. The van der Waals surface area contributed by atoms with E-state index in [9.17, 15) is 9.59 Å². The van der Waals surface area contributed by atoms with Crippen LogP contribution in [0.5, 0.6) is 0 Å². The van der Waals surface area contributed by atoms with E-state index in [-0.39, 0.29) is 36.1 Å².